The number of nitrogens with zero attached hydrogens (tertiary/aromatic N) is 4. The van der Waals surface area contributed by atoms with E-state index in [-0.39, 0.29) is 36.5 Å². The number of rotatable bonds is 4. The lowest BCUT2D eigenvalue weighted by molar-refractivity contribution is 0.0770. The van der Waals surface area contributed by atoms with E-state index in [4.69, 9.17) is 0 Å². The quantitative estimate of drug-likeness (QED) is 0.807. The van der Waals surface area contributed by atoms with E-state index in [2.05, 4.69) is 9.97 Å². The minimum atomic E-state index is -3.01. The van der Waals surface area contributed by atoms with Crippen LogP contribution in [0.2, 0.25) is 0 Å². The number of aromatic nitrogens is 2. The summed E-state index contributed by atoms with van der Waals surface area (Å²) in [6.45, 7) is 2.51. The Kier molecular flexibility index (Phi) is 5.22. The van der Waals surface area contributed by atoms with Crippen molar-refractivity contribution in [1.29, 1.82) is 0 Å². The molecule has 8 heteroatoms. The first-order valence-electron chi connectivity index (χ1n) is 8.47. The van der Waals surface area contributed by atoms with E-state index in [1.165, 1.54) is 0 Å². The molecular formula is C18H22N4O3S. The first-order valence-corrected chi connectivity index (χ1v) is 10.3. The van der Waals surface area contributed by atoms with Crippen molar-refractivity contribution in [3.05, 3.63) is 54.0 Å². The Morgan fingerprint density at radius 2 is 1.88 bits per heavy atom. The Morgan fingerprint density at radius 1 is 1.15 bits per heavy atom. The fraction of sp³-hybridized carbons (Fsp3) is 0.389. The summed E-state index contributed by atoms with van der Waals surface area (Å²) in [7, 11) is -1.08. The molecule has 3 rings (SSSR count). The highest BCUT2D eigenvalue weighted by Gasteiger charge is 2.26. The monoisotopic (exact) mass is 374 g/mol. The number of hydrogen-bond donors (Lipinski definition) is 0. The maximum Gasteiger partial charge on any atom is 0.255 e. The highest BCUT2D eigenvalue weighted by molar-refractivity contribution is 7.91. The summed E-state index contributed by atoms with van der Waals surface area (Å²) in [5.41, 5.74) is 1.40. The molecule has 0 saturated carbocycles. The molecule has 0 radical (unpaired) electrons. The molecule has 138 valence electrons. The predicted molar refractivity (Wildman–Crippen MR) is 99.8 cm³/mol. The lowest BCUT2D eigenvalue weighted by Crippen LogP contribution is -2.43. The largest absolute Gasteiger partial charge is 0.351 e. The Bertz CT molecular complexity index is 855. The van der Waals surface area contributed by atoms with E-state index in [1.807, 2.05) is 37.1 Å². The molecule has 26 heavy (non-hydrogen) atoms. The summed E-state index contributed by atoms with van der Waals surface area (Å²) >= 11 is 0. The summed E-state index contributed by atoms with van der Waals surface area (Å²) in [5.74, 6) is 0.601. The van der Waals surface area contributed by atoms with Crippen molar-refractivity contribution in [2.75, 3.05) is 36.5 Å². The molecule has 7 nitrogen and oxygen atoms in total. The fourth-order valence-electron chi connectivity index (χ4n) is 2.84. The van der Waals surface area contributed by atoms with E-state index in [9.17, 15) is 13.2 Å². The van der Waals surface area contributed by atoms with Gasteiger partial charge in [0.1, 0.15) is 5.82 Å². The highest BCUT2D eigenvalue weighted by atomic mass is 32.2. The Labute approximate surface area is 153 Å². The number of anilines is 1. The van der Waals surface area contributed by atoms with Crippen molar-refractivity contribution >= 4 is 21.6 Å². The minimum Gasteiger partial charge on any atom is -0.351 e. The Balaban J connectivity index is 1.69. The van der Waals surface area contributed by atoms with Gasteiger partial charge in [0.15, 0.2) is 9.84 Å². The number of pyridine rings is 2. The molecule has 0 aliphatic carbocycles. The first-order chi connectivity index (χ1) is 12.4. The van der Waals surface area contributed by atoms with Crippen LogP contribution >= 0.6 is 0 Å². The van der Waals surface area contributed by atoms with Crippen molar-refractivity contribution in [2.45, 2.75) is 13.0 Å². The average Bonchev–Trinajstić information content (AvgIpc) is 2.67. The van der Waals surface area contributed by atoms with Gasteiger partial charge in [-0.25, -0.2) is 13.4 Å². The van der Waals surface area contributed by atoms with Crippen LogP contribution < -0.4 is 4.90 Å². The van der Waals surface area contributed by atoms with E-state index in [0.29, 0.717) is 5.56 Å². The van der Waals surface area contributed by atoms with Crippen molar-refractivity contribution < 1.29 is 13.2 Å². The van der Waals surface area contributed by atoms with Gasteiger partial charge in [0.05, 0.1) is 28.8 Å². The SMILES string of the molecule is CC(c1ccccn1)N(C)c1ccc(C(=O)N2CCS(=O)(=O)CC2)cn1. The van der Waals surface area contributed by atoms with Crippen LogP contribution in [-0.4, -0.2) is 60.8 Å². The molecule has 1 atom stereocenters. The summed E-state index contributed by atoms with van der Waals surface area (Å²) in [4.78, 5) is 24.8. The molecule has 2 aromatic heterocycles. The second-order valence-corrected chi connectivity index (χ2v) is 8.69. The van der Waals surface area contributed by atoms with Gasteiger partial charge in [0.25, 0.3) is 5.91 Å². The molecule has 1 fully saturated rings. The Hall–Kier alpha value is -2.48. The Morgan fingerprint density at radius 3 is 2.46 bits per heavy atom. The number of sulfone groups is 1. The van der Waals surface area contributed by atoms with E-state index >= 15 is 0 Å². The van der Waals surface area contributed by atoms with Crippen molar-refractivity contribution in [1.82, 2.24) is 14.9 Å². The average molecular weight is 374 g/mol. The molecular weight excluding hydrogens is 352 g/mol. The summed E-state index contributed by atoms with van der Waals surface area (Å²) in [5, 5.41) is 0. The lowest BCUT2D eigenvalue weighted by Gasteiger charge is -2.27. The van der Waals surface area contributed by atoms with Crippen LogP contribution in [0.3, 0.4) is 0 Å². The van der Waals surface area contributed by atoms with Crippen molar-refractivity contribution in [3.8, 4) is 0 Å². The number of amides is 1. The van der Waals surface area contributed by atoms with Gasteiger partial charge in [-0.2, -0.15) is 0 Å². The second kappa shape index (κ2) is 7.41. The number of carbonyl (C=O) groups is 1. The molecule has 1 aliphatic rings. The normalized spacial score (nSPS) is 17.5. The molecule has 0 aromatic carbocycles. The molecule has 1 unspecified atom stereocenters. The zero-order valence-electron chi connectivity index (χ0n) is 14.9. The van der Waals surface area contributed by atoms with Gasteiger partial charge < -0.3 is 9.80 Å². The first kappa shape index (κ1) is 18.3. The lowest BCUT2D eigenvalue weighted by atomic mass is 10.2. The standard InChI is InChI=1S/C18H22N4O3S/c1-14(16-5-3-4-8-19-16)21(2)17-7-6-15(13-20-17)18(23)22-9-11-26(24,25)12-10-22/h3-8,13-14H,9-12H2,1-2H3. The van der Waals surface area contributed by atoms with E-state index in [0.717, 1.165) is 11.5 Å². The van der Waals surface area contributed by atoms with Gasteiger partial charge >= 0.3 is 0 Å². The fourth-order valence-corrected chi connectivity index (χ4v) is 4.04. The smallest absolute Gasteiger partial charge is 0.255 e. The molecule has 0 bridgehead atoms. The van der Waals surface area contributed by atoms with Crippen LogP contribution in [0, 0.1) is 0 Å². The number of hydrogen-bond acceptors (Lipinski definition) is 6. The topological polar surface area (TPSA) is 83.5 Å². The van der Waals surface area contributed by atoms with Gasteiger partial charge in [-0.15, -0.1) is 0 Å². The van der Waals surface area contributed by atoms with E-state index < -0.39 is 9.84 Å². The van der Waals surface area contributed by atoms with Crippen LogP contribution in [0.4, 0.5) is 5.82 Å². The van der Waals surface area contributed by atoms with E-state index in [1.54, 1.807) is 29.4 Å². The summed E-state index contributed by atoms with van der Waals surface area (Å²) < 4.78 is 23.0. The predicted octanol–water partition coefficient (Wildman–Crippen LogP) is 1.54. The van der Waals surface area contributed by atoms with Gasteiger partial charge in [-0.1, -0.05) is 6.07 Å². The minimum absolute atomic E-state index is 0.0224. The van der Waals surface area contributed by atoms with Crippen LogP contribution in [0.25, 0.3) is 0 Å². The van der Waals surface area contributed by atoms with Crippen molar-refractivity contribution in [2.24, 2.45) is 0 Å². The number of carbonyl (C=O) groups excluding carboxylic acids is 1. The van der Waals surface area contributed by atoms with Crippen LogP contribution in [0.1, 0.15) is 29.0 Å². The molecule has 2 aromatic rings. The van der Waals surface area contributed by atoms with Crippen LogP contribution in [-0.2, 0) is 9.84 Å². The highest BCUT2D eigenvalue weighted by Crippen LogP contribution is 2.22. The molecule has 1 amide bonds. The van der Waals surface area contributed by atoms with Gasteiger partial charge in [0, 0.05) is 32.5 Å². The molecule has 3 heterocycles. The maximum atomic E-state index is 12.5. The maximum absolute atomic E-state index is 12.5. The van der Waals surface area contributed by atoms with Crippen LogP contribution in [0.5, 0.6) is 0 Å². The third-order valence-corrected chi connectivity index (χ3v) is 6.29. The third-order valence-electron chi connectivity index (χ3n) is 4.68. The molecule has 0 spiro atoms. The van der Waals surface area contributed by atoms with Crippen LogP contribution in [0.15, 0.2) is 42.7 Å². The zero-order chi connectivity index (χ0) is 18.7. The second-order valence-electron chi connectivity index (χ2n) is 6.39. The summed E-state index contributed by atoms with van der Waals surface area (Å²) in [6.07, 6.45) is 3.30. The zero-order valence-corrected chi connectivity index (χ0v) is 15.7. The van der Waals surface area contributed by atoms with Gasteiger partial charge in [0.2, 0.25) is 0 Å². The van der Waals surface area contributed by atoms with Gasteiger partial charge in [-0.05, 0) is 31.2 Å². The molecule has 1 saturated heterocycles. The summed E-state index contributed by atoms with van der Waals surface area (Å²) in [6, 6.07) is 9.35. The third kappa shape index (κ3) is 4.01. The van der Waals surface area contributed by atoms with Gasteiger partial charge in [-0.3, -0.25) is 9.78 Å². The van der Waals surface area contributed by atoms with Crippen molar-refractivity contribution in [3.63, 3.8) is 0 Å². The molecule has 1 aliphatic heterocycles. The molecule has 0 N–H and O–H groups in total.